The number of aryl methyl sites for hydroxylation is 2. The lowest BCUT2D eigenvalue weighted by Gasteiger charge is -2.37. The molecule has 2 aliphatic carbocycles. The molecule has 0 nitrogen and oxygen atoms in total. The van der Waals surface area contributed by atoms with E-state index in [2.05, 4.69) is 38.1 Å². The summed E-state index contributed by atoms with van der Waals surface area (Å²) in [6.07, 6.45) is 20.2. The summed E-state index contributed by atoms with van der Waals surface area (Å²) in [5.41, 5.74) is 3.08. The van der Waals surface area contributed by atoms with Crippen LogP contribution >= 0.6 is 0 Å². The van der Waals surface area contributed by atoms with E-state index in [0.29, 0.717) is 0 Å². The third-order valence-corrected chi connectivity index (χ3v) is 7.71. The molecule has 0 bridgehead atoms. The molecule has 0 amide bonds. The fourth-order valence-electron chi connectivity index (χ4n) is 5.64. The largest absolute Gasteiger partial charge is 0.0654 e. The van der Waals surface area contributed by atoms with Crippen LogP contribution < -0.4 is 0 Å². The third kappa shape index (κ3) is 5.86. The van der Waals surface area contributed by atoms with Crippen LogP contribution in [0.15, 0.2) is 24.3 Å². The van der Waals surface area contributed by atoms with Crippen molar-refractivity contribution in [2.75, 3.05) is 0 Å². The van der Waals surface area contributed by atoms with Crippen LogP contribution in [-0.4, -0.2) is 0 Å². The zero-order valence-electron chi connectivity index (χ0n) is 17.5. The van der Waals surface area contributed by atoms with Gasteiger partial charge < -0.3 is 0 Å². The Morgan fingerprint density at radius 1 is 0.654 bits per heavy atom. The summed E-state index contributed by atoms with van der Waals surface area (Å²) in [5.74, 6) is 4.20. The summed E-state index contributed by atoms with van der Waals surface area (Å²) in [7, 11) is 0. The summed E-state index contributed by atoms with van der Waals surface area (Å²) >= 11 is 0. The van der Waals surface area contributed by atoms with Gasteiger partial charge in [-0.1, -0.05) is 76.6 Å². The zero-order valence-corrected chi connectivity index (χ0v) is 17.5. The Hall–Kier alpha value is -0.780. The van der Waals surface area contributed by atoms with Crippen LogP contribution in [0.5, 0.6) is 0 Å². The molecule has 26 heavy (non-hydrogen) atoms. The Kier molecular flexibility index (Phi) is 8.08. The average Bonchev–Trinajstić information content (AvgIpc) is 2.72. The second-order valence-corrected chi connectivity index (χ2v) is 9.43. The number of hydrogen-bond acceptors (Lipinski definition) is 0. The van der Waals surface area contributed by atoms with Gasteiger partial charge in [0.25, 0.3) is 0 Å². The normalized spacial score (nSPS) is 29.6. The highest BCUT2D eigenvalue weighted by Gasteiger charge is 2.30. The quantitative estimate of drug-likeness (QED) is 0.444. The lowest BCUT2D eigenvalue weighted by molar-refractivity contribution is 0.142. The van der Waals surface area contributed by atoms with Crippen molar-refractivity contribution in [1.82, 2.24) is 0 Å². The van der Waals surface area contributed by atoms with Gasteiger partial charge in [-0.25, -0.2) is 0 Å². The van der Waals surface area contributed by atoms with Gasteiger partial charge in [0, 0.05) is 0 Å². The van der Waals surface area contributed by atoms with Crippen LogP contribution in [-0.2, 0) is 12.8 Å². The van der Waals surface area contributed by atoms with Crippen molar-refractivity contribution >= 4 is 0 Å². The molecule has 0 spiro atoms. The maximum atomic E-state index is 2.39. The summed E-state index contributed by atoms with van der Waals surface area (Å²) in [5, 5.41) is 0. The van der Waals surface area contributed by atoms with E-state index < -0.39 is 0 Å². The molecule has 0 heteroatoms. The predicted octanol–water partition coefficient (Wildman–Crippen LogP) is 7.98. The minimum atomic E-state index is 0.998. The van der Waals surface area contributed by atoms with E-state index in [1.54, 1.807) is 5.56 Å². The Morgan fingerprint density at radius 3 is 1.65 bits per heavy atom. The first-order valence-electron chi connectivity index (χ1n) is 11.9. The summed E-state index contributed by atoms with van der Waals surface area (Å²) in [4.78, 5) is 0. The second kappa shape index (κ2) is 10.5. The van der Waals surface area contributed by atoms with E-state index >= 15 is 0 Å². The van der Waals surface area contributed by atoms with E-state index in [9.17, 15) is 0 Å². The smallest absolute Gasteiger partial charge is 0.0276 e. The fraction of sp³-hybridized carbons (Fsp3) is 0.769. The lowest BCUT2D eigenvalue weighted by Crippen LogP contribution is -2.25. The highest BCUT2D eigenvalue weighted by Crippen LogP contribution is 2.42. The van der Waals surface area contributed by atoms with Gasteiger partial charge in [-0.15, -0.1) is 0 Å². The van der Waals surface area contributed by atoms with Gasteiger partial charge in [-0.05, 0) is 86.2 Å². The van der Waals surface area contributed by atoms with Crippen molar-refractivity contribution in [3.8, 4) is 0 Å². The molecule has 0 heterocycles. The molecule has 0 aromatic heterocycles. The summed E-state index contributed by atoms with van der Waals surface area (Å²) < 4.78 is 0. The van der Waals surface area contributed by atoms with Crippen molar-refractivity contribution in [2.24, 2.45) is 23.7 Å². The molecule has 2 fully saturated rings. The van der Waals surface area contributed by atoms with Crippen molar-refractivity contribution in [3.05, 3.63) is 35.4 Å². The van der Waals surface area contributed by atoms with Crippen LogP contribution in [0.1, 0.15) is 102 Å². The highest BCUT2D eigenvalue weighted by atomic mass is 14.4. The Labute approximate surface area is 163 Å². The molecule has 0 saturated heterocycles. The highest BCUT2D eigenvalue weighted by molar-refractivity contribution is 5.22. The molecule has 0 unspecified atom stereocenters. The maximum absolute atomic E-state index is 2.39. The van der Waals surface area contributed by atoms with Crippen molar-refractivity contribution in [3.63, 3.8) is 0 Å². The molecular weight excluding hydrogens is 312 g/mol. The molecule has 2 saturated carbocycles. The molecule has 146 valence electrons. The molecular formula is C26H42. The summed E-state index contributed by atoms with van der Waals surface area (Å²) in [6, 6.07) is 9.52. The van der Waals surface area contributed by atoms with Gasteiger partial charge in [0.2, 0.25) is 0 Å². The standard InChI is InChI=1S/C26H42/c1-3-5-6-22-7-9-23(10-8-22)11-12-24-15-19-26(20-16-24)25-17-13-21(4-2)14-18-25/h7-10,21,24-26H,3-6,11-20H2,1-2H3/t21-,24-,25-,26-. The lowest BCUT2D eigenvalue weighted by atomic mass is 9.68. The minimum absolute atomic E-state index is 0.998. The van der Waals surface area contributed by atoms with Gasteiger partial charge in [-0.2, -0.15) is 0 Å². The first-order valence-corrected chi connectivity index (χ1v) is 11.9. The molecule has 2 aliphatic rings. The molecule has 0 atom stereocenters. The second-order valence-electron chi connectivity index (χ2n) is 9.43. The maximum Gasteiger partial charge on any atom is -0.0276 e. The van der Waals surface area contributed by atoms with E-state index in [4.69, 9.17) is 0 Å². The Morgan fingerprint density at radius 2 is 1.15 bits per heavy atom. The Bertz CT molecular complexity index is 483. The first-order chi connectivity index (χ1) is 12.8. The van der Waals surface area contributed by atoms with E-state index in [-0.39, 0.29) is 0 Å². The number of unbranched alkanes of at least 4 members (excludes halogenated alkanes) is 1. The monoisotopic (exact) mass is 354 g/mol. The van der Waals surface area contributed by atoms with E-state index in [0.717, 1.165) is 23.7 Å². The van der Waals surface area contributed by atoms with Crippen LogP contribution in [0.2, 0.25) is 0 Å². The molecule has 0 radical (unpaired) electrons. The summed E-state index contributed by atoms with van der Waals surface area (Å²) in [6.45, 7) is 4.66. The van der Waals surface area contributed by atoms with Gasteiger partial charge in [0.05, 0.1) is 0 Å². The van der Waals surface area contributed by atoms with Crippen molar-refractivity contribution in [2.45, 2.75) is 104 Å². The molecule has 0 aliphatic heterocycles. The van der Waals surface area contributed by atoms with Crippen LogP contribution in [0.4, 0.5) is 0 Å². The van der Waals surface area contributed by atoms with Gasteiger partial charge >= 0.3 is 0 Å². The number of benzene rings is 1. The average molecular weight is 355 g/mol. The van der Waals surface area contributed by atoms with Gasteiger partial charge in [0.15, 0.2) is 0 Å². The SMILES string of the molecule is CCCCc1ccc(CC[C@H]2CC[C@H]([C@H]3CC[C@H](CC)CC3)CC2)cc1. The topological polar surface area (TPSA) is 0 Å². The van der Waals surface area contributed by atoms with Crippen LogP contribution in [0, 0.1) is 23.7 Å². The molecule has 3 rings (SSSR count). The number of hydrogen-bond donors (Lipinski definition) is 0. The third-order valence-electron chi connectivity index (χ3n) is 7.71. The van der Waals surface area contributed by atoms with Crippen molar-refractivity contribution in [1.29, 1.82) is 0 Å². The van der Waals surface area contributed by atoms with Crippen LogP contribution in [0.25, 0.3) is 0 Å². The predicted molar refractivity (Wildman–Crippen MR) is 115 cm³/mol. The van der Waals surface area contributed by atoms with Gasteiger partial charge in [0.1, 0.15) is 0 Å². The molecule has 0 N–H and O–H groups in total. The van der Waals surface area contributed by atoms with Gasteiger partial charge in [-0.3, -0.25) is 0 Å². The Balaban J connectivity index is 1.35. The minimum Gasteiger partial charge on any atom is -0.0654 e. The van der Waals surface area contributed by atoms with Crippen molar-refractivity contribution < 1.29 is 0 Å². The van der Waals surface area contributed by atoms with E-state index in [1.165, 1.54) is 95.5 Å². The van der Waals surface area contributed by atoms with Crippen LogP contribution in [0.3, 0.4) is 0 Å². The number of rotatable bonds is 8. The zero-order chi connectivity index (χ0) is 18.2. The van der Waals surface area contributed by atoms with E-state index in [1.807, 2.05) is 0 Å². The first kappa shape index (κ1) is 20.0. The fourth-order valence-corrected chi connectivity index (χ4v) is 5.64. The molecule has 1 aromatic rings. The molecule has 1 aromatic carbocycles.